The Morgan fingerprint density at radius 2 is 1.76 bits per heavy atom. The molecule has 0 unspecified atom stereocenters. The van der Waals surface area contributed by atoms with Gasteiger partial charge in [0.1, 0.15) is 12.3 Å². The van der Waals surface area contributed by atoms with Gasteiger partial charge in [0, 0.05) is 14.1 Å². The van der Waals surface area contributed by atoms with E-state index in [1.165, 1.54) is 39.4 Å². The maximum atomic E-state index is 12.5. The number of anilines is 1. The van der Waals surface area contributed by atoms with E-state index in [0.717, 1.165) is 9.21 Å². The lowest BCUT2D eigenvalue weighted by molar-refractivity contribution is -0.142. The maximum absolute atomic E-state index is 12.5. The van der Waals surface area contributed by atoms with E-state index in [-0.39, 0.29) is 28.1 Å². The number of fused-ring (bicyclic) bond motifs is 1. The van der Waals surface area contributed by atoms with E-state index in [0.29, 0.717) is 12.8 Å². The summed E-state index contributed by atoms with van der Waals surface area (Å²) in [5.41, 5.74) is 0.138. The van der Waals surface area contributed by atoms with Gasteiger partial charge in [-0.2, -0.15) is 0 Å². The number of nitrogens with zero attached hydrogens (tertiary/aromatic N) is 2. The Bertz CT molecular complexity index is 960. The minimum absolute atomic E-state index is 0.0241. The van der Waals surface area contributed by atoms with Gasteiger partial charge in [0.15, 0.2) is 0 Å². The zero-order valence-corrected chi connectivity index (χ0v) is 17.2. The summed E-state index contributed by atoms with van der Waals surface area (Å²) >= 11 is 0. The van der Waals surface area contributed by atoms with Crippen LogP contribution in [0.15, 0.2) is 35.2 Å². The summed E-state index contributed by atoms with van der Waals surface area (Å²) in [6, 6.07) is 4.08. The van der Waals surface area contributed by atoms with E-state index in [9.17, 15) is 22.8 Å². The second-order valence-corrected chi connectivity index (χ2v) is 9.27. The number of methoxy groups -OCH3 is 1. The molecule has 3 amide bonds. The molecule has 10 heteroatoms. The van der Waals surface area contributed by atoms with Gasteiger partial charge in [0.25, 0.3) is 0 Å². The van der Waals surface area contributed by atoms with Crippen molar-refractivity contribution in [2.24, 2.45) is 11.8 Å². The van der Waals surface area contributed by atoms with Gasteiger partial charge in [-0.3, -0.25) is 19.3 Å². The number of carbonyl (C=O) groups is 3. The minimum atomic E-state index is -3.71. The number of hydrogen-bond acceptors (Lipinski definition) is 6. The molecule has 0 aromatic heterocycles. The molecule has 0 radical (unpaired) electrons. The highest BCUT2D eigenvalue weighted by Crippen LogP contribution is 2.35. The van der Waals surface area contributed by atoms with Crippen LogP contribution < -0.4 is 10.1 Å². The van der Waals surface area contributed by atoms with Crippen molar-refractivity contribution in [3.63, 3.8) is 0 Å². The Balaban J connectivity index is 1.78. The van der Waals surface area contributed by atoms with Crippen molar-refractivity contribution in [3.8, 4) is 5.75 Å². The Morgan fingerprint density at radius 3 is 2.28 bits per heavy atom. The predicted molar refractivity (Wildman–Crippen MR) is 105 cm³/mol. The average molecular weight is 421 g/mol. The SMILES string of the molecule is COc1ccc(S(=O)(=O)N(C)C)cc1NC(=O)CN1C(=O)[C@H]2CC=CC[C@H]2C1=O. The largest absolute Gasteiger partial charge is 0.495 e. The molecule has 0 saturated carbocycles. The maximum Gasteiger partial charge on any atom is 0.244 e. The number of likely N-dealkylation sites (tertiary alicyclic amines) is 1. The third-order valence-electron chi connectivity index (χ3n) is 5.12. The van der Waals surface area contributed by atoms with Crippen molar-refractivity contribution in [3.05, 3.63) is 30.4 Å². The molecule has 1 fully saturated rings. The van der Waals surface area contributed by atoms with E-state index in [1.54, 1.807) is 0 Å². The Hall–Kier alpha value is -2.72. The van der Waals surface area contributed by atoms with E-state index in [1.807, 2.05) is 12.2 Å². The molecule has 9 nitrogen and oxygen atoms in total. The first-order valence-corrected chi connectivity index (χ1v) is 10.5. The van der Waals surface area contributed by atoms with Gasteiger partial charge in [0.2, 0.25) is 27.7 Å². The highest BCUT2D eigenvalue weighted by molar-refractivity contribution is 7.89. The predicted octanol–water partition coefficient (Wildman–Crippen LogP) is 0.835. The van der Waals surface area contributed by atoms with Crippen LogP contribution in [0.4, 0.5) is 5.69 Å². The fourth-order valence-corrected chi connectivity index (χ4v) is 4.44. The number of nitrogens with one attached hydrogen (secondary N) is 1. The zero-order chi connectivity index (χ0) is 21.3. The lowest BCUT2D eigenvalue weighted by Crippen LogP contribution is -2.38. The third kappa shape index (κ3) is 3.90. The summed E-state index contributed by atoms with van der Waals surface area (Å²) in [4.78, 5) is 38.5. The summed E-state index contributed by atoms with van der Waals surface area (Å²) in [7, 11) is 0.471. The van der Waals surface area contributed by atoms with Crippen LogP contribution in [0.25, 0.3) is 0 Å². The van der Waals surface area contributed by atoms with Gasteiger partial charge >= 0.3 is 0 Å². The summed E-state index contributed by atoms with van der Waals surface area (Å²) < 4.78 is 30.9. The Morgan fingerprint density at radius 1 is 1.17 bits per heavy atom. The molecule has 156 valence electrons. The topological polar surface area (TPSA) is 113 Å². The van der Waals surface area contributed by atoms with Gasteiger partial charge in [-0.25, -0.2) is 12.7 Å². The molecule has 3 rings (SSSR count). The molecule has 1 aliphatic heterocycles. The number of sulfonamides is 1. The van der Waals surface area contributed by atoms with Crippen LogP contribution in [0, 0.1) is 11.8 Å². The molecule has 0 spiro atoms. The van der Waals surface area contributed by atoms with Crippen LogP contribution in [-0.4, -0.2) is 63.1 Å². The zero-order valence-electron chi connectivity index (χ0n) is 16.4. The van der Waals surface area contributed by atoms with Crippen molar-refractivity contribution in [1.29, 1.82) is 0 Å². The van der Waals surface area contributed by atoms with Crippen molar-refractivity contribution < 1.29 is 27.5 Å². The van der Waals surface area contributed by atoms with Crippen LogP contribution in [-0.2, 0) is 24.4 Å². The Kier molecular flexibility index (Phi) is 5.76. The summed E-state index contributed by atoms with van der Waals surface area (Å²) in [6.07, 6.45) is 4.73. The number of carbonyl (C=O) groups excluding carboxylic acids is 3. The summed E-state index contributed by atoms with van der Waals surface area (Å²) in [5.74, 6) is -1.89. The third-order valence-corrected chi connectivity index (χ3v) is 6.94. The number of benzene rings is 1. The minimum Gasteiger partial charge on any atom is -0.495 e. The van der Waals surface area contributed by atoms with Gasteiger partial charge in [-0.15, -0.1) is 0 Å². The lowest BCUT2D eigenvalue weighted by Gasteiger charge is -2.17. The standard InChI is InChI=1S/C19H23N3O6S/c1-21(2)29(26,27)12-8-9-16(28-3)15(10-12)20-17(23)11-22-18(24)13-6-4-5-7-14(13)19(22)25/h4-5,8-10,13-14H,6-7,11H2,1-3H3,(H,20,23)/t13-,14+. The normalized spacial score (nSPS) is 21.4. The number of imide groups is 1. The monoisotopic (exact) mass is 421 g/mol. The molecule has 1 saturated heterocycles. The molecule has 0 bridgehead atoms. The second kappa shape index (κ2) is 7.96. The summed E-state index contributed by atoms with van der Waals surface area (Å²) in [6.45, 7) is -0.432. The lowest BCUT2D eigenvalue weighted by atomic mass is 9.85. The number of amides is 3. The van der Waals surface area contributed by atoms with E-state index >= 15 is 0 Å². The van der Waals surface area contributed by atoms with Crippen molar-refractivity contribution >= 4 is 33.4 Å². The van der Waals surface area contributed by atoms with E-state index < -0.39 is 34.3 Å². The number of hydrogen-bond donors (Lipinski definition) is 1. The van der Waals surface area contributed by atoms with E-state index in [4.69, 9.17) is 4.74 Å². The van der Waals surface area contributed by atoms with Crippen molar-refractivity contribution in [2.45, 2.75) is 17.7 Å². The summed E-state index contributed by atoms with van der Waals surface area (Å²) in [5, 5.41) is 2.55. The molecule has 1 N–H and O–H groups in total. The van der Waals surface area contributed by atoms with Gasteiger partial charge in [-0.1, -0.05) is 12.2 Å². The van der Waals surface area contributed by atoms with Crippen LogP contribution in [0.5, 0.6) is 5.75 Å². The molecule has 2 atom stereocenters. The number of rotatable bonds is 6. The first kappa shape index (κ1) is 21.0. The van der Waals surface area contributed by atoms with Crippen LogP contribution in [0.3, 0.4) is 0 Å². The molecule has 1 aromatic rings. The molecule has 1 aliphatic carbocycles. The average Bonchev–Trinajstić information content (AvgIpc) is 2.93. The van der Waals surface area contributed by atoms with E-state index in [2.05, 4.69) is 5.32 Å². The van der Waals surface area contributed by atoms with Crippen molar-refractivity contribution in [2.75, 3.05) is 33.1 Å². The van der Waals surface area contributed by atoms with Crippen molar-refractivity contribution in [1.82, 2.24) is 9.21 Å². The highest BCUT2D eigenvalue weighted by Gasteiger charge is 2.47. The molecule has 1 heterocycles. The smallest absolute Gasteiger partial charge is 0.244 e. The van der Waals surface area contributed by atoms with Gasteiger partial charge in [-0.05, 0) is 31.0 Å². The molecule has 2 aliphatic rings. The first-order chi connectivity index (χ1) is 13.7. The fraction of sp³-hybridized carbons (Fsp3) is 0.421. The number of ether oxygens (including phenoxy) is 1. The quantitative estimate of drug-likeness (QED) is 0.538. The Labute approximate surface area is 169 Å². The molecular formula is C19H23N3O6S. The second-order valence-electron chi connectivity index (χ2n) is 7.12. The molecular weight excluding hydrogens is 398 g/mol. The number of allylic oxidation sites excluding steroid dienone is 2. The van der Waals surface area contributed by atoms with Crippen LogP contribution in [0.1, 0.15) is 12.8 Å². The highest BCUT2D eigenvalue weighted by atomic mass is 32.2. The molecule has 1 aromatic carbocycles. The van der Waals surface area contributed by atoms with Gasteiger partial charge in [0.05, 0.1) is 29.5 Å². The first-order valence-electron chi connectivity index (χ1n) is 9.07. The molecule has 29 heavy (non-hydrogen) atoms. The van der Waals surface area contributed by atoms with Crippen LogP contribution >= 0.6 is 0 Å². The van der Waals surface area contributed by atoms with Gasteiger partial charge < -0.3 is 10.1 Å². The fourth-order valence-electron chi connectivity index (χ4n) is 3.51. The van der Waals surface area contributed by atoms with Crippen LogP contribution in [0.2, 0.25) is 0 Å².